The number of carbonyl (C=O) groups is 1. The molecule has 0 radical (unpaired) electrons. The number of amides is 1. The van der Waals surface area contributed by atoms with Crippen molar-refractivity contribution in [1.82, 2.24) is 0 Å². The molecule has 0 aliphatic heterocycles. The van der Waals surface area contributed by atoms with Crippen LogP contribution in [-0.4, -0.2) is 16.9 Å². The molecule has 1 atom stereocenters. The predicted molar refractivity (Wildman–Crippen MR) is 80.9 cm³/mol. The molecule has 3 nitrogen and oxygen atoms in total. The van der Waals surface area contributed by atoms with Crippen molar-refractivity contribution in [3.63, 3.8) is 0 Å². The molecular formula is C14H21FN2OS. The van der Waals surface area contributed by atoms with Gasteiger partial charge in [-0.05, 0) is 37.3 Å². The summed E-state index contributed by atoms with van der Waals surface area (Å²) >= 11 is 1.63. The average Bonchev–Trinajstić information content (AvgIpc) is 2.37. The maximum Gasteiger partial charge on any atom is 0.237 e. The number of halogens is 1. The highest BCUT2D eigenvalue weighted by Gasteiger charge is 2.14. The Morgan fingerprint density at radius 2 is 2.21 bits per heavy atom. The SMILES string of the molecule is CCCCCSC(C)C(=O)Nc1ccc(F)cc1N. The molecule has 1 unspecified atom stereocenters. The van der Waals surface area contributed by atoms with E-state index in [-0.39, 0.29) is 16.8 Å². The molecule has 0 bridgehead atoms. The summed E-state index contributed by atoms with van der Waals surface area (Å²) in [6, 6.07) is 3.97. The van der Waals surface area contributed by atoms with Crippen LogP contribution < -0.4 is 11.1 Å². The van der Waals surface area contributed by atoms with Crippen LogP contribution in [0.3, 0.4) is 0 Å². The van der Waals surface area contributed by atoms with E-state index in [1.54, 1.807) is 11.8 Å². The third kappa shape index (κ3) is 5.51. The number of benzene rings is 1. The first-order valence-corrected chi connectivity index (χ1v) is 7.57. The first-order valence-electron chi connectivity index (χ1n) is 6.52. The van der Waals surface area contributed by atoms with Gasteiger partial charge >= 0.3 is 0 Å². The Balaban J connectivity index is 2.45. The number of hydrogen-bond acceptors (Lipinski definition) is 3. The van der Waals surface area contributed by atoms with Gasteiger partial charge < -0.3 is 11.1 Å². The van der Waals surface area contributed by atoms with E-state index in [1.807, 2.05) is 6.92 Å². The van der Waals surface area contributed by atoms with Crippen molar-refractivity contribution in [2.24, 2.45) is 0 Å². The number of anilines is 2. The maximum atomic E-state index is 12.9. The van der Waals surface area contributed by atoms with Gasteiger partial charge in [0, 0.05) is 0 Å². The van der Waals surface area contributed by atoms with Crippen molar-refractivity contribution in [3.05, 3.63) is 24.0 Å². The van der Waals surface area contributed by atoms with Crippen LogP contribution in [0, 0.1) is 5.82 Å². The van der Waals surface area contributed by atoms with Crippen LogP contribution in [0.4, 0.5) is 15.8 Å². The number of nitrogen functional groups attached to an aromatic ring is 1. The average molecular weight is 284 g/mol. The van der Waals surface area contributed by atoms with E-state index in [0.29, 0.717) is 5.69 Å². The van der Waals surface area contributed by atoms with Crippen molar-refractivity contribution < 1.29 is 9.18 Å². The van der Waals surface area contributed by atoms with Crippen LogP contribution in [0.15, 0.2) is 18.2 Å². The number of nitrogens with two attached hydrogens (primary N) is 1. The van der Waals surface area contributed by atoms with E-state index in [0.717, 1.165) is 12.2 Å². The smallest absolute Gasteiger partial charge is 0.237 e. The lowest BCUT2D eigenvalue weighted by molar-refractivity contribution is -0.115. The Kier molecular flexibility index (Phi) is 6.70. The molecule has 5 heteroatoms. The minimum atomic E-state index is -0.405. The molecule has 3 N–H and O–H groups in total. The highest BCUT2D eigenvalue weighted by molar-refractivity contribution is 8.00. The Morgan fingerprint density at radius 3 is 2.84 bits per heavy atom. The second-order valence-electron chi connectivity index (χ2n) is 4.44. The minimum absolute atomic E-state index is 0.0974. The third-order valence-electron chi connectivity index (χ3n) is 2.76. The van der Waals surface area contributed by atoms with Crippen LogP contribution >= 0.6 is 11.8 Å². The molecule has 0 saturated heterocycles. The molecule has 0 aliphatic carbocycles. The summed E-state index contributed by atoms with van der Waals surface area (Å²) in [5.74, 6) is 0.471. The van der Waals surface area contributed by atoms with Gasteiger partial charge in [0.2, 0.25) is 5.91 Å². The molecule has 1 amide bonds. The number of thioether (sulfide) groups is 1. The Morgan fingerprint density at radius 1 is 1.47 bits per heavy atom. The monoisotopic (exact) mass is 284 g/mol. The standard InChI is InChI=1S/C14H21FN2OS/c1-3-4-5-8-19-10(2)14(18)17-13-7-6-11(15)9-12(13)16/h6-7,9-10H,3-5,8,16H2,1-2H3,(H,17,18). The van der Waals surface area contributed by atoms with Gasteiger partial charge in [-0.3, -0.25) is 4.79 Å². The summed E-state index contributed by atoms with van der Waals surface area (Å²) in [7, 11) is 0. The fraction of sp³-hybridized carbons (Fsp3) is 0.500. The predicted octanol–water partition coefficient (Wildman–Crippen LogP) is 3.66. The first kappa shape index (κ1) is 15.8. The van der Waals surface area contributed by atoms with Crippen LogP contribution in [0.5, 0.6) is 0 Å². The van der Waals surface area contributed by atoms with Crippen molar-refractivity contribution in [1.29, 1.82) is 0 Å². The van der Waals surface area contributed by atoms with Gasteiger partial charge in [-0.15, -0.1) is 11.8 Å². The van der Waals surface area contributed by atoms with E-state index >= 15 is 0 Å². The number of hydrogen-bond donors (Lipinski definition) is 2. The molecule has 1 aromatic carbocycles. The summed E-state index contributed by atoms with van der Waals surface area (Å²) in [4.78, 5) is 11.9. The van der Waals surface area contributed by atoms with Crippen LogP contribution in [-0.2, 0) is 4.79 Å². The number of unbranched alkanes of at least 4 members (excludes halogenated alkanes) is 2. The molecular weight excluding hydrogens is 263 g/mol. The van der Waals surface area contributed by atoms with E-state index in [1.165, 1.54) is 31.0 Å². The summed E-state index contributed by atoms with van der Waals surface area (Å²) in [6.45, 7) is 4.02. The summed E-state index contributed by atoms with van der Waals surface area (Å²) in [6.07, 6.45) is 3.48. The molecule has 106 valence electrons. The van der Waals surface area contributed by atoms with Gasteiger partial charge in [-0.1, -0.05) is 19.8 Å². The largest absolute Gasteiger partial charge is 0.397 e. The zero-order chi connectivity index (χ0) is 14.3. The molecule has 0 aromatic heterocycles. The summed E-state index contributed by atoms with van der Waals surface area (Å²) in [5.41, 5.74) is 6.36. The second kappa shape index (κ2) is 8.04. The first-order chi connectivity index (χ1) is 9.04. The number of carbonyl (C=O) groups excluding carboxylic acids is 1. The zero-order valence-electron chi connectivity index (χ0n) is 11.4. The van der Waals surface area contributed by atoms with Gasteiger partial charge in [-0.2, -0.15) is 0 Å². The van der Waals surface area contributed by atoms with Gasteiger partial charge in [0.1, 0.15) is 5.82 Å². The Labute approximate surface area is 118 Å². The second-order valence-corrected chi connectivity index (χ2v) is 5.89. The maximum absolute atomic E-state index is 12.9. The van der Waals surface area contributed by atoms with E-state index in [2.05, 4.69) is 12.2 Å². The minimum Gasteiger partial charge on any atom is -0.397 e. The molecule has 1 aromatic rings. The lowest BCUT2D eigenvalue weighted by Gasteiger charge is -2.13. The number of nitrogens with one attached hydrogen (secondary N) is 1. The van der Waals surface area contributed by atoms with Crippen LogP contribution in [0.25, 0.3) is 0 Å². The lowest BCUT2D eigenvalue weighted by Crippen LogP contribution is -2.23. The van der Waals surface area contributed by atoms with Crippen molar-refractivity contribution in [3.8, 4) is 0 Å². The zero-order valence-corrected chi connectivity index (χ0v) is 12.2. The highest BCUT2D eigenvalue weighted by atomic mass is 32.2. The van der Waals surface area contributed by atoms with Crippen LogP contribution in [0.2, 0.25) is 0 Å². The fourth-order valence-corrected chi connectivity index (χ4v) is 2.50. The molecule has 0 aliphatic rings. The van der Waals surface area contributed by atoms with E-state index in [4.69, 9.17) is 5.73 Å². The quantitative estimate of drug-likeness (QED) is 0.593. The highest BCUT2D eigenvalue weighted by Crippen LogP contribution is 2.21. The van der Waals surface area contributed by atoms with Crippen LogP contribution in [0.1, 0.15) is 33.1 Å². The van der Waals surface area contributed by atoms with Crippen molar-refractivity contribution in [2.75, 3.05) is 16.8 Å². The molecule has 19 heavy (non-hydrogen) atoms. The topological polar surface area (TPSA) is 55.1 Å². The number of rotatable bonds is 7. The Bertz CT molecular complexity index is 426. The van der Waals surface area contributed by atoms with Gasteiger partial charge in [0.05, 0.1) is 16.6 Å². The molecule has 0 heterocycles. The van der Waals surface area contributed by atoms with Gasteiger partial charge in [-0.25, -0.2) is 4.39 Å². The van der Waals surface area contributed by atoms with Crippen molar-refractivity contribution in [2.45, 2.75) is 38.4 Å². The Hall–Kier alpha value is -1.23. The van der Waals surface area contributed by atoms with E-state index in [9.17, 15) is 9.18 Å². The lowest BCUT2D eigenvalue weighted by atomic mass is 10.2. The third-order valence-corrected chi connectivity index (χ3v) is 3.99. The molecule has 0 saturated carbocycles. The van der Waals surface area contributed by atoms with Gasteiger partial charge in [0.15, 0.2) is 0 Å². The van der Waals surface area contributed by atoms with E-state index < -0.39 is 5.82 Å². The normalized spacial score (nSPS) is 12.2. The summed E-state index contributed by atoms with van der Waals surface area (Å²) < 4.78 is 12.9. The molecule has 0 fully saturated rings. The molecule has 0 spiro atoms. The van der Waals surface area contributed by atoms with Gasteiger partial charge in [0.25, 0.3) is 0 Å². The van der Waals surface area contributed by atoms with Crippen molar-refractivity contribution >= 4 is 29.0 Å². The fourth-order valence-electron chi connectivity index (χ4n) is 1.57. The summed E-state index contributed by atoms with van der Waals surface area (Å²) in [5, 5.41) is 2.59. The molecule has 1 rings (SSSR count).